The van der Waals surface area contributed by atoms with Gasteiger partial charge in [-0.25, -0.2) is 4.98 Å². The molecule has 0 spiro atoms. The summed E-state index contributed by atoms with van der Waals surface area (Å²) >= 11 is 1.60. The van der Waals surface area contributed by atoms with Gasteiger partial charge >= 0.3 is 0 Å². The number of hydrogen-bond acceptors (Lipinski definition) is 4. The van der Waals surface area contributed by atoms with Crippen LogP contribution in [0.5, 0.6) is 0 Å². The number of guanidine groups is 1. The maximum atomic E-state index is 11.7. The molecule has 0 aliphatic carbocycles. The average Bonchev–Trinajstić information content (AvgIpc) is 2.73. The molecule has 1 aromatic heterocycles. The highest BCUT2D eigenvalue weighted by molar-refractivity contribution is 14.0. The maximum absolute atomic E-state index is 11.7. The summed E-state index contributed by atoms with van der Waals surface area (Å²) in [6.07, 6.45) is 0. The van der Waals surface area contributed by atoms with Gasteiger partial charge in [-0.15, -0.1) is 35.3 Å². The summed E-state index contributed by atoms with van der Waals surface area (Å²) in [6, 6.07) is 0. The number of thiazole rings is 1. The van der Waals surface area contributed by atoms with Gasteiger partial charge in [0, 0.05) is 17.5 Å². The predicted molar refractivity (Wildman–Crippen MR) is 98.4 cm³/mol. The van der Waals surface area contributed by atoms with Crippen molar-refractivity contribution in [1.29, 1.82) is 0 Å². The van der Waals surface area contributed by atoms with Crippen LogP contribution in [-0.4, -0.2) is 36.0 Å². The number of rotatable bonds is 4. The molecule has 21 heavy (non-hydrogen) atoms. The summed E-state index contributed by atoms with van der Waals surface area (Å²) in [5.41, 5.74) is 2.61. The highest BCUT2D eigenvalue weighted by atomic mass is 127. The first-order valence-electron chi connectivity index (χ1n) is 6.46. The lowest BCUT2D eigenvalue weighted by atomic mass is 10.1. The second-order valence-corrected chi connectivity index (χ2v) is 6.38. The SMILES string of the molecule is CN=C(NCC(=O)NC(C)(C)C)NCc1scnc1C.I. The van der Waals surface area contributed by atoms with Crippen molar-refractivity contribution in [1.82, 2.24) is 20.9 Å². The van der Waals surface area contributed by atoms with E-state index in [0.717, 1.165) is 10.6 Å². The van der Waals surface area contributed by atoms with Crippen LogP contribution >= 0.6 is 35.3 Å². The van der Waals surface area contributed by atoms with E-state index in [1.54, 1.807) is 18.4 Å². The van der Waals surface area contributed by atoms with Crippen molar-refractivity contribution in [2.75, 3.05) is 13.6 Å². The minimum atomic E-state index is -0.227. The van der Waals surface area contributed by atoms with Gasteiger partial charge in [-0.3, -0.25) is 9.79 Å². The zero-order valence-corrected chi connectivity index (χ0v) is 16.3. The van der Waals surface area contributed by atoms with Crippen LogP contribution in [0.1, 0.15) is 31.3 Å². The van der Waals surface area contributed by atoms with Crippen LogP contribution in [-0.2, 0) is 11.3 Å². The molecular weight excluding hydrogens is 401 g/mol. The molecule has 0 atom stereocenters. The van der Waals surface area contributed by atoms with Gasteiger partial charge in [0.25, 0.3) is 0 Å². The van der Waals surface area contributed by atoms with Crippen molar-refractivity contribution in [2.24, 2.45) is 4.99 Å². The van der Waals surface area contributed by atoms with E-state index in [2.05, 4.69) is 25.9 Å². The fourth-order valence-electron chi connectivity index (χ4n) is 1.51. The number of hydrogen-bond donors (Lipinski definition) is 3. The Bertz CT molecular complexity index is 481. The van der Waals surface area contributed by atoms with Gasteiger partial charge in [0.2, 0.25) is 5.91 Å². The second-order valence-electron chi connectivity index (χ2n) is 5.44. The Labute approximate surface area is 147 Å². The van der Waals surface area contributed by atoms with Gasteiger partial charge in [0.15, 0.2) is 5.96 Å². The first-order valence-corrected chi connectivity index (χ1v) is 7.34. The van der Waals surface area contributed by atoms with Crippen molar-refractivity contribution in [3.05, 3.63) is 16.1 Å². The van der Waals surface area contributed by atoms with Crippen LogP contribution in [0.25, 0.3) is 0 Å². The third kappa shape index (κ3) is 8.20. The van der Waals surface area contributed by atoms with Crippen molar-refractivity contribution in [3.63, 3.8) is 0 Å². The Hall–Kier alpha value is -0.900. The number of nitrogens with one attached hydrogen (secondary N) is 3. The molecule has 0 bridgehead atoms. The molecule has 0 aliphatic rings. The van der Waals surface area contributed by atoms with E-state index in [1.165, 1.54) is 0 Å². The number of carbonyl (C=O) groups excluding carboxylic acids is 1. The minimum absolute atomic E-state index is 0. The summed E-state index contributed by atoms with van der Waals surface area (Å²) in [6.45, 7) is 8.66. The van der Waals surface area contributed by atoms with Crippen LogP contribution in [0.2, 0.25) is 0 Å². The molecule has 0 radical (unpaired) electrons. The van der Waals surface area contributed by atoms with Crippen LogP contribution < -0.4 is 16.0 Å². The summed E-state index contributed by atoms with van der Waals surface area (Å²) in [5.74, 6) is 0.538. The Balaban J connectivity index is 0.00000400. The Morgan fingerprint density at radius 1 is 1.38 bits per heavy atom. The number of nitrogens with zero attached hydrogens (tertiary/aromatic N) is 2. The smallest absolute Gasteiger partial charge is 0.239 e. The molecule has 0 aromatic carbocycles. The van der Waals surface area contributed by atoms with Gasteiger partial charge in [-0.05, 0) is 27.7 Å². The van der Waals surface area contributed by atoms with E-state index in [1.807, 2.05) is 33.2 Å². The fourth-order valence-corrected chi connectivity index (χ4v) is 2.22. The third-order valence-corrected chi connectivity index (χ3v) is 3.35. The quantitative estimate of drug-likeness (QED) is 0.390. The van der Waals surface area contributed by atoms with Crippen molar-refractivity contribution in [2.45, 2.75) is 39.8 Å². The Morgan fingerprint density at radius 3 is 2.52 bits per heavy atom. The summed E-state index contributed by atoms with van der Waals surface area (Å²) < 4.78 is 0. The summed E-state index contributed by atoms with van der Waals surface area (Å²) in [7, 11) is 1.68. The average molecular weight is 425 g/mol. The number of carbonyl (C=O) groups is 1. The molecular formula is C13H24IN5OS. The monoisotopic (exact) mass is 425 g/mol. The largest absolute Gasteiger partial charge is 0.351 e. The predicted octanol–water partition coefficient (Wildman–Crippen LogP) is 1.65. The lowest BCUT2D eigenvalue weighted by Crippen LogP contribution is -2.48. The van der Waals surface area contributed by atoms with Crippen LogP contribution in [0.3, 0.4) is 0 Å². The molecule has 0 unspecified atom stereocenters. The van der Waals surface area contributed by atoms with Gasteiger partial charge in [0.1, 0.15) is 0 Å². The van der Waals surface area contributed by atoms with Crippen LogP contribution in [0.15, 0.2) is 10.5 Å². The number of aryl methyl sites for hydroxylation is 1. The van der Waals surface area contributed by atoms with Crippen molar-refractivity contribution < 1.29 is 4.79 Å². The molecule has 8 heteroatoms. The minimum Gasteiger partial charge on any atom is -0.351 e. The van der Waals surface area contributed by atoms with E-state index in [-0.39, 0.29) is 42.0 Å². The fraction of sp³-hybridized carbons (Fsp3) is 0.615. The number of halogens is 1. The molecule has 1 amide bonds. The molecule has 0 saturated carbocycles. The summed E-state index contributed by atoms with van der Waals surface area (Å²) in [5, 5.41) is 9.03. The number of amides is 1. The lowest BCUT2D eigenvalue weighted by molar-refractivity contribution is -0.121. The van der Waals surface area contributed by atoms with Crippen molar-refractivity contribution >= 4 is 47.2 Å². The van der Waals surface area contributed by atoms with E-state index >= 15 is 0 Å². The maximum Gasteiger partial charge on any atom is 0.239 e. The van der Waals surface area contributed by atoms with Crippen LogP contribution in [0.4, 0.5) is 0 Å². The molecule has 3 N–H and O–H groups in total. The van der Waals surface area contributed by atoms with Crippen molar-refractivity contribution in [3.8, 4) is 0 Å². The topological polar surface area (TPSA) is 78.4 Å². The van der Waals surface area contributed by atoms with Crippen LogP contribution in [0, 0.1) is 6.92 Å². The molecule has 1 rings (SSSR count). The van der Waals surface area contributed by atoms with Gasteiger partial charge < -0.3 is 16.0 Å². The van der Waals surface area contributed by atoms with Gasteiger partial charge in [0.05, 0.1) is 24.3 Å². The summed E-state index contributed by atoms with van der Waals surface area (Å²) in [4.78, 5) is 21.1. The van der Waals surface area contributed by atoms with E-state index < -0.39 is 0 Å². The molecule has 120 valence electrons. The first kappa shape index (κ1) is 20.1. The Morgan fingerprint density at radius 2 is 2.05 bits per heavy atom. The number of aromatic nitrogens is 1. The first-order chi connectivity index (χ1) is 9.31. The molecule has 0 saturated heterocycles. The Kier molecular flexibility index (Phi) is 8.79. The molecule has 0 aliphatic heterocycles. The highest BCUT2D eigenvalue weighted by Gasteiger charge is 2.13. The van der Waals surface area contributed by atoms with E-state index in [4.69, 9.17) is 0 Å². The van der Waals surface area contributed by atoms with E-state index in [9.17, 15) is 4.79 Å². The normalized spacial score (nSPS) is 11.6. The standard InChI is InChI=1S/C13H23N5OS.HI/c1-9-10(20-8-17-9)6-15-12(14-5)16-7-11(19)18-13(2,3)4;/h8H,6-7H2,1-5H3,(H,18,19)(H2,14,15,16);1H. The lowest BCUT2D eigenvalue weighted by Gasteiger charge is -2.21. The van der Waals surface area contributed by atoms with Gasteiger partial charge in [-0.1, -0.05) is 0 Å². The zero-order chi connectivity index (χ0) is 15.2. The number of aliphatic imine (C=N–C) groups is 1. The third-order valence-electron chi connectivity index (χ3n) is 2.42. The second kappa shape index (κ2) is 9.19. The highest BCUT2D eigenvalue weighted by Crippen LogP contribution is 2.10. The van der Waals surface area contributed by atoms with E-state index in [0.29, 0.717) is 12.5 Å². The molecule has 6 nitrogen and oxygen atoms in total. The molecule has 0 fully saturated rings. The van der Waals surface area contributed by atoms with Gasteiger partial charge in [-0.2, -0.15) is 0 Å². The zero-order valence-electron chi connectivity index (χ0n) is 13.1. The molecule has 1 aromatic rings. The molecule has 1 heterocycles.